The summed E-state index contributed by atoms with van der Waals surface area (Å²) >= 11 is 0. The Bertz CT molecular complexity index is 2310. The third-order valence-corrected chi connectivity index (χ3v) is 13.8. The number of nitrogens with one attached hydrogen (secondary N) is 2. The van der Waals surface area contributed by atoms with Crippen molar-refractivity contribution in [1.82, 2.24) is 30.2 Å². The molecule has 4 heterocycles. The molecule has 4 aromatic rings. The average Bonchev–Trinajstić information content (AvgIpc) is 3.93. The predicted molar refractivity (Wildman–Crippen MR) is 225 cm³/mol. The van der Waals surface area contributed by atoms with Crippen LogP contribution in [-0.4, -0.2) is 105 Å². The first-order chi connectivity index (χ1) is 29.3. The van der Waals surface area contributed by atoms with Gasteiger partial charge in [-0.25, -0.2) is 9.48 Å². The lowest BCUT2D eigenvalue weighted by atomic mass is 10.0. The number of aromatic nitrogens is 1. The maximum atomic E-state index is 16.7. The van der Waals surface area contributed by atoms with Crippen LogP contribution in [0.2, 0.25) is 0 Å². The smallest absolute Gasteiger partial charge is 0.355 e. The molecule has 2 N–H and O–H groups in total. The molecule has 3 fully saturated rings. The van der Waals surface area contributed by atoms with Gasteiger partial charge in [0.15, 0.2) is 0 Å². The number of hydrogen-bond acceptors (Lipinski definition) is 9. The third-order valence-electron chi connectivity index (χ3n) is 11.6. The molecule has 0 bridgehead atoms. The Kier molecular flexibility index (Phi) is 13.4. The number of carbonyl (C=O) groups excluding carboxylic acids is 4. The fraction of sp³-hybridized carbons (Fsp3) is 0.432. The number of esters is 1. The van der Waals surface area contributed by atoms with Crippen LogP contribution >= 0.6 is 7.52 Å². The zero-order valence-corrected chi connectivity index (χ0v) is 35.4. The zero-order valence-electron chi connectivity index (χ0n) is 34.5. The summed E-state index contributed by atoms with van der Waals surface area (Å²) in [5.74, 6) is -4.01. The maximum absolute atomic E-state index is 16.7. The summed E-state index contributed by atoms with van der Waals surface area (Å²) in [6.45, 7) is 6.09. The van der Waals surface area contributed by atoms with E-state index in [2.05, 4.69) is 15.4 Å². The normalized spacial score (nSPS) is 22.4. The number of benzene rings is 3. The number of carbonyl (C=O) groups is 4. The first-order valence-electron chi connectivity index (χ1n) is 20.8. The van der Waals surface area contributed by atoms with Gasteiger partial charge in [-0.15, -0.1) is 5.01 Å². The van der Waals surface area contributed by atoms with E-state index in [9.17, 15) is 28.7 Å². The fourth-order valence-corrected chi connectivity index (χ4v) is 10.3. The summed E-state index contributed by atoms with van der Waals surface area (Å²) in [6, 6.07) is 18.6. The Labute approximate surface area is 354 Å². The maximum Gasteiger partial charge on any atom is 0.355 e. The molecule has 0 aliphatic carbocycles. The number of amides is 3. The van der Waals surface area contributed by atoms with Crippen molar-refractivity contribution in [3.63, 3.8) is 0 Å². The molecule has 0 saturated carbocycles. The van der Waals surface area contributed by atoms with Crippen molar-refractivity contribution in [2.75, 3.05) is 32.8 Å². The van der Waals surface area contributed by atoms with E-state index in [0.717, 1.165) is 16.9 Å². The highest BCUT2D eigenvalue weighted by atomic mass is 31.2. The van der Waals surface area contributed by atoms with Crippen molar-refractivity contribution in [2.45, 2.75) is 89.0 Å². The van der Waals surface area contributed by atoms with Crippen molar-refractivity contribution < 1.29 is 42.3 Å². The number of pyridine rings is 1. The van der Waals surface area contributed by atoms with E-state index < -0.39 is 49.5 Å². The predicted octanol–water partition coefficient (Wildman–Crippen LogP) is 6.26. The number of ether oxygens (including phenoxy) is 1. The highest BCUT2D eigenvalue weighted by molar-refractivity contribution is 7.57. The van der Waals surface area contributed by atoms with Crippen molar-refractivity contribution in [1.29, 1.82) is 0 Å². The van der Waals surface area contributed by atoms with Crippen LogP contribution in [0, 0.1) is 4.91 Å². The highest BCUT2D eigenvalue weighted by Crippen LogP contribution is 2.58. The lowest BCUT2D eigenvalue weighted by Gasteiger charge is -2.36. The van der Waals surface area contributed by atoms with Crippen LogP contribution in [0.1, 0.15) is 86.2 Å². The van der Waals surface area contributed by atoms with Gasteiger partial charge in [0, 0.05) is 56.4 Å². The van der Waals surface area contributed by atoms with Crippen LogP contribution in [0.25, 0.3) is 10.8 Å². The molecular formula is C44H52FN7O8P+. The van der Waals surface area contributed by atoms with E-state index in [1.807, 2.05) is 25.3 Å². The van der Waals surface area contributed by atoms with Crippen LogP contribution < -0.4 is 14.9 Å². The summed E-state index contributed by atoms with van der Waals surface area (Å²) in [5, 5.41) is 8.24. The van der Waals surface area contributed by atoms with E-state index in [1.165, 1.54) is 44.2 Å². The van der Waals surface area contributed by atoms with Crippen molar-refractivity contribution in [3.05, 3.63) is 113 Å². The minimum absolute atomic E-state index is 0.0312. The Morgan fingerprint density at radius 1 is 0.967 bits per heavy atom. The molecule has 3 aromatic carbocycles. The molecule has 0 radical (unpaired) electrons. The second-order valence-corrected chi connectivity index (χ2v) is 18.0. The van der Waals surface area contributed by atoms with Gasteiger partial charge in [-0.3, -0.25) is 33.6 Å². The van der Waals surface area contributed by atoms with Crippen molar-refractivity contribution in [3.8, 4) is 5.75 Å². The Morgan fingerprint density at radius 2 is 1.75 bits per heavy atom. The first-order valence-corrected chi connectivity index (χ1v) is 22.5. The summed E-state index contributed by atoms with van der Waals surface area (Å²) in [6.07, 6.45) is 5.60. The molecule has 322 valence electrons. The van der Waals surface area contributed by atoms with Crippen LogP contribution in [0.15, 0.2) is 91.3 Å². The van der Waals surface area contributed by atoms with Gasteiger partial charge < -0.3 is 19.5 Å². The minimum Gasteiger partial charge on any atom is -0.465 e. The minimum atomic E-state index is -4.51. The summed E-state index contributed by atoms with van der Waals surface area (Å²) in [4.78, 5) is 76.3. The molecule has 17 heteroatoms. The van der Waals surface area contributed by atoms with Gasteiger partial charge in [0.05, 0.1) is 24.6 Å². The van der Waals surface area contributed by atoms with E-state index in [1.54, 1.807) is 57.4 Å². The number of hydrogen-bond donors (Lipinski definition) is 2. The fourth-order valence-electron chi connectivity index (χ4n) is 8.38. The first kappa shape index (κ1) is 43.4. The summed E-state index contributed by atoms with van der Waals surface area (Å²) in [5.41, 5.74) is 1.17. The summed E-state index contributed by atoms with van der Waals surface area (Å²) in [7, 11) is -4.51. The van der Waals surface area contributed by atoms with Crippen LogP contribution in [0.3, 0.4) is 0 Å². The Balaban J connectivity index is 1.11. The van der Waals surface area contributed by atoms with Gasteiger partial charge in [0.1, 0.15) is 22.7 Å². The number of rotatable bonds is 14. The number of nitroso groups, excluding NO2 is 1. The number of fused-ring (bicyclic) bond motifs is 2. The molecule has 3 unspecified atom stereocenters. The van der Waals surface area contributed by atoms with Gasteiger partial charge in [-0.2, -0.15) is 0 Å². The van der Waals surface area contributed by atoms with Crippen LogP contribution in [0.5, 0.6) is 5.75 Å². The SMILES string of the molecule is CCCOC(=O)[C@H](C)NP(=O)(Oc1ccccc1)C(F)c1ccc2ccc(C(=O)N[C@H]3CN(C(C)=O)CC[C@H]4CC[C@@H]([N+](=O)N5CCC(c6cccnc6)C5)N4C3=O)cc2c1. The van der Waals surface area contributed by atoms with Gasteiger partial charge in [-0.1, -0.05) is 49.4 Å². The second kappa shape index (κ2) is 18.9. The molecule has 3 aliphatic heterocycles. The molecule has 3 aliphatic rings. The van der Waals surface area contributed by atoms with Gasteiger partial charge in [0.2, 0.25) is 11.8 Å². The molecule has 0 spiro atoms. The third kappa shape index (κ3) is 9.76. The van der Waals surface area contributed by atoms with Crippen LogP contribution in [0.4, 0.5) is 4.39 Å². The van der Waals surface area contributed by atoms with Crippen LogP contribution in [-0.2, 0) is 23.7 Å². The zero-order chi connectivity index (χ0) is 43.3. The average molecular weight is 857 g/mol. The molecule has 7 atom stereocenters. The Hall–Kier alpha value is -5.73. The van der Waals surface area contributed by atoms with E-state index in [4.69, 9.17) is 9.26 Å². The molecule has 61 heavy (non-hydrogen) atoms. The van der Waals surface area contributed by atoms with E-state index in [-0.39, 0.29) is 47.9 Å². The van der Waals surface area contributed by atoms with Gasteiger partial charge in [0.25, 0.3) is 11.8 Å². The Morgan fingerprint density at radius 3 is 2.49 bits per heavy atom. The molecule has 15 nitrogen and oxygen atoms in total. The number of hydrazine groups is 1. The highest BCUT2D eigenvalue weighted by Gasteiger charge is 2.52. The molecule has 7 rings (SSSR count). The molecular weight excluding hydrogens is 804 g/mol. The topological polar surface area (TPSA) is 171 Å². The van der Waals surface area contributed by atoms with Gasteiger partial charge >= 0.3 is 19.7 Å². The monoisotopic (exact) mass is 856 g/mol. The quantitative estimate of drug-likeness (QED) is 0.0834. The summed E-state index contributed by atoms with van der Waals surface area (Å²) < 4.78 is 42.0. The van der Waals surface area contributed by atoms with Crippen molar-refractivity contribution >= 4 is 42.0 Å². The number of alkyl halides is 1. The molecule has 3 amide bonds. The number of para-hydroxylation sites is 1. The molecule has 1 aromatic heterocycles. The molecule has 3 saturated heterocycles. The standard InChI is InChI=1S/C44H51FN7O8P/c1-4-23-59-44(56)29(2)48-61(58,60-38-10-6-5-7-11-38)41(45)32-14-12-31-13-15-33(25-36(31)24-32)42(54)47-39-28-49(30(3)53)21-19-37-16-17-40(51(37)43(39)55)52(57)50-22-18-35(27-50)34-9-8-20-46-26-34/h5-15,20,24-26,29,35,37,39-41H,4,16-19,21-23,27-28H2,1-3H3,(H-,47,48,54,58)/p+1/t29-,35?,37+,39-,40+,41?,61?/m0/s1. The second-order valence-electron chi connectivity index (χ2n) is 15.9. The van der Waals surface area contributed by atoms with Gasteiger partial charge in [-0.05, 0) is 90.9 Å². The lowest BCUT2D eigenvalue weighted by Crippen LogP contribution is -2.61. The lowest BCUT2D eigenvalue weighted by molar-refractivity contribution is -0.743. The van der Waals surface area contributed by atoms with Crippen molar-refractivity contribution in [2.24, 2.45) is 0 Å². The number of halogens is 1. The van der Waals surface area contributed by atoms with E-state index in [0.29, 0.717) is 56.1 Å². The largest absolute Gasteiger partial charge is 0.465 e. The van der Waals surface area contributed by atoms with E-state index >= 15 is 4.39 Å². The number of nitrogens with zero attached hydrogens (tertiary/aromatic N) is 5.